The molecule has 1 fully saturated rings. The molecule has 1 saturated carbocycles. The quantitative estimate of drug-likeness (QED) is 0.693. The molecule has 66 valence electrons. The summed E-state index contributed by atoms with van der Waals surface area (Å²) < 4.78 is 1.84. The fourth-order valence-corrected chi connectivity index (χ4v) is 1.48. The summed E-state index contributed by atoms with van der Waals surface area (Å²) in [6.45, 7) is 0. The molecule has 1 aliphatic rings. The molecule has 4 heteroatoms. The number of aromatic nitrogens is 3. The van der Waals surface area contributed by atoms with Crippen molar-refractivity contribution >= 4 is 0 Å². The van der Waals surface area contributed by atoms with Gasteiger partial charge in [0.2, 0.25) is 0 Å². The zero-order valence-electron chi connectivity index (χ0n) is 7.54. The standard InChI is InChI=1S/C8H14N4/c1-9-8(3-4-8)5-7-6-10-11-12(7)2/h6,9H,3-5H2,1-2H3. The van der Waals surface area contributed by atoms with Crippen LogP contribution in [0.15, 0.2) is 6.20 Å². The molecule has 12 heavy (non-hydrogen) atoms. The molecule has 0 aromatic carbocycles. The Morgan fingerprint density at radius 2 is 2.42 bits per heavy atom. The summed E-state index contributed by atoms with van der Waals surface area (Å²) in [5.41, 5.74) is 1.57. The molecule has 0 aliphatic heterocycles. The molecule has 1 heterocycles. The van der Waals surface area contributed by atoms with Crippen molar-refractivity contribution in [2.24, 2.45) is 7.05 Å². The normalized spacial score (nSPS) is 19.5. The van der Waals surface area contributed by atoms with Crippen LogP contribution in [0.5, 0.6) is 0 Å². The van der Waals surface area contributed by atoms with Gasteiger partial charge in [-0.3, -0.25) is 4.68 Å². The molecule has 2 rings (SSSR count). The largest absolute Gasteiger partial charge is 0.314 e. The smallest absolute Gasteiger partial charge is 0.0725 e. The average Bonchev–Trinajstić information content (AvgIpc) is 2.74. The number of nitrogens with one attached hydrogen (secondary N) is 1. The van der Waals surface area contributed by atoms with E-state index in [0.717, 1.165) is 6.42 Å². The van der Waals surface area contributed by atoms with E-state index < -0.39 is 0 Å². The first-order valence-corrected chi connectivity index (χ1v) is 4.28. The SMILES string of the molecule is CNC1(Cc2cnnn2C)CC1. The van der Waals surface area contributed by atoms with E-state index in [1.54, 1.807) is 0 Å². The van der Waals surface area contributed by atoms with E-state index in [0.29, 0.717) is 5.54 Å². The van der Waals surface area contributed by atoms with E-state index in [9.17, 15) is 0 Å². The highest BCUT2D eigenvalue weighted by molar-refractivity contribution is 5.10. The predicted octanol–water partition coefficient (Wildman–Crippen LogP) is 0.110. The molecule has 1 aromatic rings. The van der Waals surface area contributed by atoms with Gasteiger partial charge in [0.1, 0.15) is 0 Å². The Hall–Kier alpha value is -0.900. The van der Waals surface area contributed by atoms with Crippen LogP contribution in [0.1, 0.15) is 18.5 Å². The average molecular weight is 166 g/mol. The molecule has 0 bridgehead atoms. The van der Waals surface area contributed by atoms with Crippen molar-refractivity contribution in [3.8, 4) is 0 Å². The molecule has 1 aliphatic carbocycles. The van der Waals surface area contributed by atoms with Crippen LogP contribution in [0.2, 0.25) is 0 Å². The van der Waals surface area contributed by atoms with E-state index in [1.807, 2.05) is 25.0 Å². The minimum Gasteiger partial charge on any atom is -0.314 e. The van der Waals surface area contributed by atoms with Gasteiger partial charge in [0, 0.05) is 19.0 Å². The highest BCUT2D eigenvalue weighted by Crippen LogP contribution is 2.37. The Morgan fingerprint density at radius 3 is 2.83 bits per heavy atom. The summed E-state index contributed by atoms with van der Waals surface area (Å²) in [5.74, 6) is 0. The van der Waals surface area contributed by atoms with E-state index >= 15 is 0 Å². The second kappa shape index (κ2) is 2.55. The maximum atomic E-state index is 3.90. The number of nitrogens with zero attached hydrogens (tertiary/aromatic N) is 3. The third kappa shape index (κ3) is 1.22. The van der Waals surface area contributed by atoms with Crippen molar-refractivity contribution in [2.75, 3.05) is 7.05 Å². The summed E-state index contributed by atoms with van der Waals surface area (Å²) in [4.78, 5) is 0. The van der Waals surface area contributed by atoms with Gasteiger partial charge in [-0.2, -0.15) is 0 Å². The van der Waals surface area contributed by atoms with Crippen molar-refractivity contribution in [3.63, 3.8) is 0 Å². The van der Waals surface area contributed by atoms with Crippen LogP contribution in [-0.4, -0.2) is 27.6 Å². The van der Waals surface area contributed by atoms with Crippen LogP contribution in [-0.2, 0) is 13.5 Å². The number of rotatable bonds is 3. The molecule has 0 unspecified atom stereocenters. The van der Waals surface area contributed by atoms with Crippen molar-refractivity contribution in [3.05, 3.63) is 11.9 Å². The van der Waals surface area contributed by atoms with Gasteiger partial charge < -0.3 is 5.32 Å². The first-order chi connectivity index (χ1) is 5.76. The first kappa shape index (κ1) is 7.73. The van der Waals surface area contributed by atoms with Gasteiger partial charge in [-0.1, -0.05) is 5.21 Å². The molecule has 1 aromatic heterocycles. The van der Waals surface area contributed by atoms with Crippen molar-refractivity contribution in [2.45, 2.75) is 24.8 Å². The molecule has 0 amide bonds. The third-order valence-corrected chi connectivity index (χ3v) is 2.71. The van der Waals surface area contributed by atoms with Gasteiger partial charge in [-0.15, -0.1) is 5.10 Å². The van der Waals surface area contributed by atoms with Gasteiger partial charge in [0.25, 0.3) is 0 Å². The molecule has 0 radical (unpaired) electrons. The zero-order valence-corrected chi connectivity index (χ0v) is 7.54. The summed E-state index contributed by atoms with van der Waals surface area (Å²) in [5, 5.41) is 11.1. The minimum atomic E-state index is 0.357. The van der Waals surface area contributed by atoms with Crippen molar-refractivity contribution in [1.29, 1.82) is 0 Å². The molecular weight excluding hydrogens is 152 g/mol. The fourth-order valence-electron chi connectivity index (χ4n) is 1.48. The number of hydrogen-bond acceptors (Lipinski definition) is 3. The maximum absolute atomic E-state index is 3.90. The van der Waals surface area contributed by atoms with Gasteiger partial charge >= 0.3 is 0 Å². The van der Waals surface area contributed by atoms with Crippen LogP contribution in [0.3, 0.4) is 0 Å². The fraction of sp³-hybridized carbons (Fsp3) is 0.750. The molecule has 4 nitrogen and oxygen atoms in total. The second-order valence-corrected chi connectivity index (χ2v) is 3.56. The van der Waals surface area contributed by atoms with Gasteiger partial charge in [0.15, 0.2) is 0 Å². The highest BCUT2D eigenvalue weighted by Gasteiger charge is 2.41. The van der Waals surface area contributed by atoms with E-state index in [2.05, 4.69) is 15.6 Å². The monoisotopic (exact) mass is 166 g/mol. The molecule has 0 spiro atoms. The Kier molecular flexibility index (Phi) is 1.65. The molecule has 0 atom stereocenters. The van der Waals surface area contributed by atoms with Crippen LogP contribution in [0.4, 0.5) is 0 Å². The first-order valence-electron chi connectivity index (χ1n) is 4.28. The number of aryl methyl sites for hydroxylation is 1. The van der Waals surface area contributed by atoms with E-state index in [-0.39, 0.29) is 0 Å². The van der Waals surface area contributed by atoms with Gasteiger partial charge in [0.05, 0.1) is 11.9 Å². The Morgan fingerprint density at radius 1 is 1.67 bits per heavy atom. The van der Waals surface area contributed by atoms with Crippen LogP contribution in [0, 0.1) is 0 Å². The highest BCUT2D eigenvalue weighted by atomic mass is 15.4. The Bertz CT molecular complexity index is 274. The summed E-state index contributed by atoms with van der Waals surface area (Å²) >= 11 is 0. The van der Waals surface area contributed by atoms with Gasteiger partial charge in [-0.25, -0.2) is 0 Å². The van der Waals surface area contributed by atoms with Crippen LogP contribution < -0.4 is 5.32 Å². The zero-order chi connectivity index (χ0) is 8.60. The van der Waals surface area contributed by atoms with Crippen LogP contribution >= 0.6 is 0 Å². The molecular formula is C8H14N4. The van der Waals surface area contributed by atoms with E-state index in [4.69, 9.17) is 0 Å². The molecule has 1 N–H and O–H groups in total. The third-order valence-electron chi connectivity index (χ3n) is 2.71. The minimum absolute atomic E-state index is 0.357. The number of hydrogen-bond donors (Lipinski definition) is 1. The lowest BCUT2D eigenvalue weighted by Crippen LogP contribution is -2.30. The summed E-state index contributed by atoms with van der Waals surface area (Å²) in [6, 6.07) is 0. The van der Waals surface area contributed by atoms with E-state index in [1.165, 1.54) is 18.5 Å². The lowest BCUT2D eigenvalue weighted by molar-refractivity contribution is 0.524. The van der Waals surface area contributed by atoms with Gasteiger partial charge in [-0.05, 0) is 19.9 Å². The Labute approximate surface area is 72.0 Å². The lowest BCUT2D eigenvalue weighted by atomic mass is 10.1. The summed E-state index contributed by atoms with van der Waals surface area (Å²) in [7, 11) is 3.96. The summed E-state index contributed by atoms with van der Waals surface area (Å²) in [6.07, 6.45) is 5.44. The predicted molar refractivity (Wildman–Crippen MR) is 45.7 cm³/mol. The van der Waals surface area contributed by atoms with Crippen molar-refractivity contribution < 1.29 is 0 Å². The van der Waals surface area contributed by atoms with Crippen molar-refractivity contribution in [1.82, 2.24) is 20.3 Å². The maximum Gasteiger partial charge on any atom is 0.0725 e. The van der Waals surface area contributed by atoms with Crippen LogP contribution in [0.25, 0.3) is 0 Å². The number of likely N-dealkylation sites (N-methyl/N-ethyl adjacent to an activating group) is 1. The lowest BCUT2D eigenvalue weighted by Gasteiger charge is -2.12. The second-order valence-electron chi connectivity index (χ2n) is 3.56. The Balaban J connectivity index is 2.08. The molecule has 0 saturated heterocycles. The topological polar surface area (TPSA) is 42.7 Å².